The third-order valence-electron chi connectivity index (χ3n) is 3.33. The highest BCUT2D eigenvalue weighted by Crippen LogP contribution is 2.16. The van der Waals surface area contributed by atoms with Gasteiger partial charge in [-0.3, -0.25) is 9.78 Å². The summed E-state index contributed by atoms with van der Waals surface area (Å²) in [6, 6.07) is 8.09. The minimum absolute atomic E-state index is 0.399. The molecule has 0 radical (unpaired) electrons. The standard InChI is InChI=1S/C16H18N2O3/c1-2-3-9-13(16(20)21)18-15(19)12-8-4-6-11-7-5-10-17-14(11)12/h4-8,10,13H,2-3,9H2,1H3,(H,18,19)(H,20,21)/t13-/m0/s1. The Labute approximate surface area is 123 Å². The number of carbonyl (C=O) groups is 2. The Bertz CT molecular complexity index is 650. The number of benzene rings is 1. The molecule has 1 aromatic carbocycles. The average molecular weight is 286 g/mol. The van der Waals surface area contributed by atoms with Crippen LogP contribution in [0.3, 0.4) is 0 Å². The molecule has 0 aliphatic carbocycles. The van der Waals surface area contributed by atoms with Crippen molar-refractivity contribution < 1.29 is 14.7 Å². The molecule has 2 aromatic rings. The van der Waals surface area contributed by atoms with Crippen LogP contribution in [0.1, 0.15) is 36.5 Å². The normalized spacial score (nSPS) is 12.0. The number of amides is 1. The number of aromatic nitrogens is 1. The molecule has 1 atom stereocenters. The Morgan fingerprint density at radius 2 is 2.05 bits per heavy atom. The molecule has 5 nitrogen and oxygen atoms in total. The maximum atomic E-state index is 12.3. The van der Waals surface area contributed by atoms with Gasteiger partial charge in [0.15, 0.2) is 0 Å². The fourth-order valence-electron chi connectivity index (χ4n) is 2.19. The summed E-state index contributed by atoms with van der Waals surface area (Å²) < 4.78 is 0. The van der Waals surface area contributed by atoms with Crippen LogP contribution in [0.15, 0.2) is 36.5 Å². The van der Waals surface area contributed by atoms with Crippen LogP contribution in [0.25, 0.3) is 10.9 Å². The first-order valence-corrected chi connectivity index (χ1v) is 7.01. The molecule has 0 aliphatic heterocycles. The predicted molar refractivity (Wildman–Crippen MR) is 80.2 cm³/mol. The van der Waals surface area contributed by atoms with E-state index in [4.69, 9.17) is 0 Å². The number of rotatable bonds is 6. The van der Waals surface area contributed by atoms with Gasteiger partial charge in [0.05, 0.1) is 11.1 Å². The number of para-hydroxylation sites is 1. The third kappa shape index (κ3) is 3.56. The molecule has 2 rings (SSSR count). The van der Waals surface area contributed by atoms with Gasteiger partial charge >= 0.3 is 5.97 Å². The number of carboxylic acids is 1. The SMILES string of the molecule is CCCC[C@H](NC(=O)c1cccc2cccnc12)C(=O)O. The first-order valence-electron chi connectivity index (χ1n) is 7.01. The van der Waals surface area contributed by atoms with Gasteiger partial charge in [0.25, 0.3) is 5.91 Å². The van der Waals surface area contributed by atoms with E-state index in [0.29, 0.717) is 17.5 Å². The number of fused-ring (bicyclic) bond motifs is 1. The Kier molecular flexibility index (Phi) is 4.87. The van der Waals surface area contributed by atoms with Gasteiger partial charge in [-0.25, -0.2) is 4.79 Å². The van der Waals surface area contributed by atoms with E-state index < -0.39 is 17.9 Å². The Hall–Kier alpha value is -2.43. The van der Waals surface area contributed by atoms with E-state index in [1.807, 2.05) is 19.1 Å². The van der Waals surface area contributed by atoms with Crippen molar-refractivity contribution in [3.05, 3.63) is 42.1 Å². The van der Waals surface area contributed by atoms with Crippen molar-refractivity contribution >= 4 is 22.8 Å². The van der Waals surface area contributed by atoms with E-state index in [2.05, 4.69) is 10.3 Å². The van der Waals surface area contributed by atoms with E-state index in [-0.39, 0.29) is 0 Å². The van der Waals surface area contributed by atoms with Crippen molar-refractivity contribution in [2.75, 3.05) is 0 Å². The number of hydrogen-bond acceptors (Lipinski definition) is 3. The van der Waals surface area contributed by atoms with Gasteiger partial charge in [-0.1, -0.05) is 38.0 Å². The number of aliphatic carboxylic acids is 1. The van der Waals surface area contributed by atoms with Crippen LogP contribution in [-0.4, -0.2) is 28.0 Å². The highest BCUT2D eigenvalue weighted by molar-refractivity contribution is 6.06. The summed E-state index contributed by atoms with van der Waals surface area (Å²) in [7, 11) is 0. The Morgan fingerprint density at radius 3 is 2.76 bits per heavy atom. The van der Waals surface area contributed by atoms with Crippen molar-refractivity contribution in [3.63, 3.8) is 0 Å². The van der Waals surface area contributed by atoms with E-state index in [1.54, 1.807) is 24.4 Å². The van der Waals surface area contributed by atoms with Crippen LogP contribution in [0.2, 0.25) is 0 Å². The highest BCUT2D eigenvalue weighted by atomic mass is 16.4. The molecule has 2 N–H and O–H groups in total. The second-order valence-corrected chi connectivity index (χ2v) is 4.89. The minimum atomic E-state index is -1.01. The molecule has 0 fully saturated rings. The smallest absolute Gasteiger partial charge is 0.326 e. The van der Waals surface area contributed by atoms with Crippen molar-refractivity contribution in [1.29, 1.82) is 0 Å². The fourth-order valence-corrected chi connectivity index (χ4v) is 2.19. The number of nitrogens with zero attached hydrogens (tertiary/aromatic N) is 1. The summed E-state index contributed by atoms with van der Waals surface area (Å²) in [5.74, 6) is -1.41. The molecular formula is C16H18N2O3. The monoisotopic (exact) mass is 286 g/mol. The lowest BCUT2D eigenvalue weighted by molar-refractivity contribution is -0.139. The molecule has 0 bridgehead atoms. The Balaban J connectivity index is 2.23. The number of pyridine rings is 1. The van der Waals surface area contributed by atoms with Gasteiger partial charge in [-0.2, -0.15) is 0 Å². The number of hydrogen-bond donors (Lipinski definition) is 2. The summed E-state index contributed by atoms with van der Waals surface area (Å²) in [5.41, 5.74) is 0.980. The zero-order chi connectivity index (χ0) is 15.2. The molecule has 1 aromatic heterocycles. The lowest BCUT2D eigenvalue weighted by Gasteiger charge is -2.14. The first-order chi connectivity index (χ1) is 10.1. The van der Waals surface area contributed by atoms with Crippen LogP contribution >= 0.6 is 0 Å². The predicted octanol–water partition coefficient (Wildman–Crippen LogP) is 2.61. The zero-order valence-electron chi connectivity index (χ0n) is 11.9. The van der Waals surface area contributed by atoms with Gasteiger partial charge in [0, 0.05) is 11.6 Å². The second-order valence-electron chi connectivity index (χ2n) is 4.89. The van der Waals surface area contributed by atoms with E-state index in [9.17, 15) is 14.7 Å². The average Bonchev–Trinajstić information content (AvgIpc) is 2.50. The first kappa shape index (κ1) is 15.0. The van der Waals surface area contributed by atoms with Crippen molar-refractivity contribution in [3.8, 4) is 0 Å². The maximum Gasteiger partial charge on any atom is 0.326 e. The second kappa shape index (κ2) is 6.83. The number of nitrogens with one attached hydrogen (secondary N) is 1. The molecular weight excluding hydrogens is 268 g/mol. The fraction of sp³-hybridized carbons (Fsp3) is 0.312. The van der Waals surface area contributed by atoms with E-state index in [1.165, 1.54) is 0 Å². The topological polar surface area (TPSA) is 79.3 Å². The molecule has 0 spiro atoms. The van der Waals surface area contributed by atoms with E-state index >= 15 is 0 Å². The van der Waals surface area contributed by atoms with Gasteiger partial charge in [-0.15, -0.1) is 0 Å². The van der Waals surface area contributed by atoms with Crippen molar-refractivity contribution in [1.82, 2.24) is 10.3 Å². The molecule has 1 amide bonds. The lowest BCUT2D eigenvalue weighted by Crippen LogP contribution is -2.40. The molecule has 0 saturated carbocycles. The Morgan fingerprint density at radius 1 is 1.29 bits per heavy atom. The van der Waals surface area contributed by atoms with Crippen LogP contribution in [0.5, 0.6) is 0 Å². The number of unbranched alkanes of at least 4 members (excludes halogenated alkanes) is 1. The molecule has 0 unspecified atom stereocenters. The zero-order valence-corrected chi connectivity index (χ0v) is 11.9. The molecule has 110 valence electrons. The van der Waals surface area contributed by atoms with Gasteiger partial charge in [-0.05, 0) is 18.6 Å². The maximum absolute atomic E-state index is 12.3. The van der Waals surface area contributed by atoms with Gasteiger partial charge in [0.1, 0.15) is 6.04 Å². The minimum Gasteiger partial charge on any atom is -0.480 e. The summed E-state index contributed by atoms with van der Waals surface area (Å²) in [6.07, 6.45) is 3.68. The third-order valence-corrected chi connectivity index (χ3v) is 3.33. The highest BCUT2D eigenvalue weighted by Gasteiger charge is 2.21. The summed E-state index contributed by atoms with van der Waals surface area (Å²) in [6.45, 7) is 1.98. The van der Waals surface area contributed by atoms with Crippen LogP contribution < -0.4 is 5.32 Å². The van der Waals surface area contributed by atoms with Crippen molar-refractivity contribution in [2.24, 2.45) is 0 Å². The van der Waals surface area contributed by atoms with Crippen LogP contribution in [0.4, 0.5) is 0 Å². The summed E-state index contributed by atoms with van der Waals surface area (Å²) in [5, 5.41) is 12.6. The molecule has 5 heteroatoms. The number of carboxylic acid groups (broad SMARTS) is 1. The van der Waals surface area contributed by atoms with Gasteiger partial charge < -0.3 is 10.4 Å². The summed E-state index contributed by atoms with van der Waals surface area (Å²) in [4.78, 5) is 27.7. The molecule has 21 heavy (non-hydrogen) atoms. The van der Waals surface area contributed by atoms with E-state index in [0.717, 1.165) is 18.2 Å². The lowest BCUT2D eigenvalue weighted by atomic mass is 10.1. The van der Waals surface area contributed by atoms with Crippen LogP contribution in [0, 0.1) is 0 Å². The van der Waals surface area contributed by atoms with Crippen molar-refractivity contribution in [2.45, 2.75) is 32.2 Å². The molecule has 0 saturated heterocycles. The summed E-state index contributed by atoms with van der Waals surface area (Å²) >= 11 is 0. The van der Waals surface area contributed by atoms with Crippen LogP contribution in [-0.2, 0) is 4.79 Å². The number of carbonyl (C=O) groups excluding carboxylic acids is 1. The quantitative estimate of drug-likeness (QED) is 0.855. The largest absolute Gasteiger partial charge is 0.480 e. The molecule has 0 aliphatic rings. The molecule has 1 heterocycles. The van der Waals surface area contributed by atoms with Gasteiger partial charge in [0.2, 0.25) is 0 Å².